The fourth-order valence-corrected chi connectivity index (χ4v) is 1.37. The van der Waals surface area contributed by atoms with E-state index in [2.05, 4.69) is 25.6 Å². The molecule has 0 saturated heterocycles. The Morgan fingerprint density at radius 2 is 2.00 bits per heavy atom. The van der Waals surface area contributed by atoms with Crippen LogP contribution in [0.15, 0.2) is 17.3 Å². The summed E-state index contributed by atoms with van der Waals surface area (Å²) in [7, 11) is 0. The zero-order chi connectivity index (χ0) is 16.1. The Kier molecular flexibility index (Phi) is 5.34. The lowest BCUT2D eigenvalue weighted by atomic mass is 10.1. The van der Waals surface area contributed by atoms with Crippen molar-refractivity contribution in [3.8, 4) is 0 Å². The van der Waals surface area contributed by atoms with Gasteiger partial charge in [0.15, 0.2) is 5.96 Å². The highest BCUT2D eigenvalue weighted by molar-refractivity contribution is 5.78. The zero-order valence-electron chi connectivity index (χ0n) is 12.1. The average Bonchev–Trinajstić information content (AvgIpc) is 2.32. The first kappa shape index (κ1) is 17.0. The van der Waals surface area contributed by atoms with Gasteiger partial charge in [0.1, 0.15) is 5.69 Å². The summed E-state index contributed by atoms with van der Waals surface area (Å²) in [4.78, 5) is 11.1. The molecule has 118 valence electrons. The molecule has 0 unspecified atom stereocenters. The second kappa shape index (κ2) is 6.59. The number of halogens is 3. The number of aromatic nitrogens is 2. The minimum Gasteiger partial charge on any atom is -0.370 e. The highest BCUT2D eigenvalue weighted by Gasteiger charge is 2.32. The molecule has 0 aliphatic carbocycles. The van der Waals surface area contributed by atoms with Crippen LogP contribution in [0.2, 0.25) is 0 Å². The fourth-order valence-electron chi connectivity index (χ4n) is 1.37. The standard InChI is InChI=1S/C12H19F3N6/c1-11(2,3)21-9(16)17-6-7-19-10-18-5-4-8(20-10)12(13,14)15/h4-5H,6-7H2,1-3H3,(H3,16,17,21)(H,18,19,20). The summed E-state index contributed by atoms with van der Waals surface area (Å²) in [6.45, 7) is 6.36. The van der Waals surface area contributed by atoms with Crippen LogP contribution in [0.5, 0.6) is 0 Å². The summed E-state index contributed by atoms with van der Waals surface area (Å²) in [6, 6.07) is 0.814. The zero-order valence-corrected chi connectivity index (χ0v) is 12.1. The maximum atomic E-state index is 12.5. The van der Waals surface area contributed by atoms with Crippen LogP contribution < -0.4 is 16.4 Å². The van der Waals surface area contributed by atoms with Crippen molar-refractivity contribution in [1.82, 2.24) is 15.3 Å². The molecule has 0 spiro atoms. The van der Waals surface area contributed by atoms with E-state index >= 15 is 0 Å². The lowest BCUT2D eigenvalue weighted by molar-refractivity contribution is -0.141. The van der Waals surface area contributed by atoms with E-state index in [1.807, 2.05) is 20.8 Å². The smallest absolute Gasteiger partial charge is 0.370 e. The van der Waals surface area contributed by atoms with E-state index in [0.717, 1.165) is 12.3 Å². The molecule has 0 aliphatic rings. The number of guanidine groups is 1. The molecule has 6 nitrogen and oxygen atoms in total. The van der Waals surface area contributed by atoms with E-state index < -0.39 is 11.9 Å². The van der Waals surface area contributed by atoms with E-state index in [9.17, 15) is 13.2 Å². The molecule has 1 rings (SSSR count). The van der Waals surface area contributed by atoms with Crippen LogP contribution >= 0.6 is 0 Å². The fraction of sp³-hybridized carbons (Fsp3) is 0.583. The van der Waals surface area contributed by atoms with Crippen molar-refractivity contribution < 1.29 is 13.2 Å². The quantitative estimate of drug-likeness (QED) is 0.447. The minimum atomic E-state index is -4.49. The van der Waals surface area contributed by atoms with Crippen LogP contribution in [-0.2, 0) is 6.18 Å². The summed E-state index contributed by atoms with van der Waals surface area (Å²) >= 11 is 0. The summed E-state index contributed by atoms with van der Waals surface area (Å²) in [5.41, 5.74) is 4.46. The van der Waals surface area contributed by atoms with Crippen molar-refractivity contribution in [2.24, 2.45) is 10.7 Å². The molecule has 4 N–H and O–H groups in total. The molecule has 0 bridgehead atoms. The number of rotatable bonds is 4. The van der Waals surface area contributed by atoms with E-state index in [0.29, 0.717) is 0 Å². The van der Waals surface area contributed by atoms with E-state index in [4.69, 9.17) is 5.73 Å². The number of anilines is 1. The van der Waals surface area contributed by atoms with Crippen molar-refractivity contribution in [3.63, 3.8) is 0 Å². The Labute approximate surface area is 121 Å². The van der Waals surface area contributed by atoms with Gasteiger partial charge in [-0.05, 0) is 26.8 Å². The predicted octanol–water partition coefficient (Wildman–Crippen LogP) is 1.61. The Balaban J connectivity index is 2.48. The third-order valence-corrected chi connectivity index (χ3v) is 2.13. The van der Waals surface area contributed by atoms with Gasteiger partial charge in [-0.15, -0.1) is 0 Å². The van der Waals surface area contributed by atoms with E-state index in [1.54, 1.807) is 0 Å². The number of aliphatic imine (C=N–C) groups is 1. The highest BCUT2D eigenvalue weighted by atomic mass is 19.4. The molecule has 0 atom stereocenters. The minimum absolute atomic E-state index is 0.0950. The van der Waals surface area contributed by atoms with Gasteiger partial charge >= 0.3 is 6.18 Å². The average molecular weight is 304 g/mol. The first-order valence-electron chi connectivity index (χ1n) is 6.30. The van der Waals surface area contributed by atoms with Crippen LogP contribution in [0.3, 0.4) is 0 Å². The molecule has 21 heavy (non-hydrogen) atoms. The van der Waals surface area contributed by atoms with Crippen LogP contribution in [0.25, 0.3) is 0 Å². The van der Waals surface area contributed by atoms with E-state index in [-0.39, 0.29) is 30.5 Å². The number of nitrogens with two attached hydrogens (primary N) is 1. The Hall–Kier alpha value is -2.06. The molecule has 0 aliphatic heterocycles. The SMILES string of the molecule is CC(C)(C)NC(N)=NCCNc1nccc(C(F)(F)F)n1. The van der Waals surface area contributed by atoms with Gasteiger partial charge in [-0.3, -0.25) is 4.99 Å². The van der Waals surface area contributed by atoms with Gasteiger partial charge < -0.3 is 16.4 Å². The Morgan fingerprint density at radius 3 is 2.57 bits per heavy atom. The third-order valence-electron chi connectivity index (χ3n) is 2.13. The first-order valence-corrected chi connectivity index (χ1v) is 6.30. The second-order valence-electron chi connectivity index (χ2n) is 5.33. The predicted molar refractivity (Wildman–Crippen MR) is 74.9 cm³/mol. The number of hydrogen-bond acceptors (Lipinski definition) is 4. The van der Waals surface area contributed by atoms with Gasteiger partial charge in [-0.2, -0.15) is 13.2 Å². The van der Waals surface area contributed by atoms with Crippen LogP contribution in [0.1, 0.15) is 26.5 Å². The molecule has 0 amide bonds. The lowest BCUT2D eigenvalue weighted by Crippen LogP contribution is -2.45. The van der Waals surface area contributed by atoms with Crippen molar-refractivity contribution in [3.05, 3.63) is 18.0 Å². The number of nitrogens with zero attached hydrogens (tertiary/aromatic N) is 3. The molecule has 1 aromatic heterocycles. The number of hydrogen-bond donors (Lipinski definition) is 3. The maximum Gasteiger partial charge on any atom is 0.433 e. The van der Waals surface area contributed by atoms with Gasteiger partial charge in [0.05, 0.1) is 6.54 Å². The van der Waals surface area contributed by atoms with Gasteiger partial charge in [0.2, 0.25) is 5.95 Å². The summed E-state index contributed by atoms with van der Waals surface area (Å²) in [5, 5.41) is 5.63. The third kappa shape index (κ3) is 6.77. The number of nitrogens with one attached hydrogen (secondary N) is 2. The van der Waals surface area contributed by atoms with Crippen LogP contribution in [0.4, 0.5) is 19.1 Å². The summed E-state index contributed by atoms with van der Waals surface area (Å²) in [6.07, 6.45) is -3.43. The van der Waals surface area contributed by atoms with Gasteiger partial charge in [0, 0.05) is 18.3 Å². The Morgan fingerprint density at radius 1 is 1.33 bits per heavy atom. The maximum absolute atomic E-state index is 12.5. The monoisotopic (exact) mass is 304 g/mol. The van der Waals surface area contributed by atoms with Crippen molar-refractivity contribution >= 4 is 11.9 Å². The molecular weight excluding hydrogens is 285 g/mol. The molecule has 0 saturated carbocycles. The van der Waals surface area contributed by atoms with Gasteiger partial charge in [-0.1, -0.05) is 0 Å². The molecule has 1 aromatic rings. The van der Waals surface area contributed by atoms with Crippen molar-refractivity contribution in [1.29, 1.82) is 0 Å². The normalized spacial score (nSPS) is 13.1. The van der Waals surface area contributed by atoms with E-state index in [1.165, 1.54) is 0 Å². The largest absolute Gasteiger partial charge is 0.433 e. The second-order valence-corrected chi connectivity index (χ2v) is 5.33. The Bertz CT molecular complexity index is 493. The molecule has 9 heteroatoms. The van der Waals surface area contributed by atoms with Crippen molar-refractivity contribution in [2.45, 2.75) is 32.5 Å². The van der Waals surface area contributed by atoms with Gasteiger partial charge in [0.25, 0.3) is 0 Å². The molecule has 1 heterocycles. The van der Waals surface area contributed by atoms with Crippen LogP contribution in [-0.4, -0.2) is 34.6 Å². The number of alkyl halides is 3. The molecule has 0 fully saturated rings. The topological polar surface area (TPSA) is 88.2 Å². The van der Waals surface area contributed by atoms with Gasteiger partial charge in [-0.25, -0.2) is 9.97 Å². The lowest BCUT2D eigenvalue weighted by Gasteiger charge is -2.20. The highest BCUT2D eigenvalue weighted by Crippen LogP contribution is 2.27. The van der Waals surface area contributed by atoms with Crippen molar-refractivity contribution in [2.75, 3.05) is 18.4 Å². The molecular formula is C12H19F3N6. The molecule has 0 aromatic carbocycles. The first-order chi connectivity index (χ1) is 9.58. The summed E-state index contributed by atoms with van der Waals surface area (Å²) in [5.74, 6) is 0.177. The summed E-state index contributed by atoms with van der Waals surface area (Å²) < 4.78 is 37.4. The van der Waals surface area contributed by atoms with Crippen LogP contribution in [0, 0.1) is 0 Å². The molecule has 0 radical (unpaired) electrons.